The first-order chi connectivity index (χ1) is 15.5. The molecular weight excluding hydrogens is 450 g/mol. The molecule has 0 spiro atoms. The summed E-state index contributed by atoms with van der Waals surface area (Å²) in [5.74, 6) is -1.22. The van der Waals surface area contributed by atoms with E-state index >= 15 is 0 Å². The van der Waals surface area contributed by atoms with Gasteiger partial charge in [-0.2, -0.15) is 0 Å². The maximum Gasteiger partial charge on any atom is 0.302 e. The van der Waals surface area contributed by atoms with Gasteiger partial charge in [-0.05, 0) is 41.8 Å². The van der Waals surface area contributed by atoms with Gasteiger partial charge in [0.1, 0.15) is 17.6 Å². The van der Waals surface area contributed by atoms with E-state index in [1.54, 1.807) is 12.1 Å². The van der Waals surface area contributed by atoms with Crippen LogP contribution in [0, 0.1) is 0 Å². The van der Waals surface area contributed by atoms with Crippen LogP contribution in [0.5, 0.6) is 5.75 Å². The number of amides is 1. The van der Waals surface area contributed by atoms with Gasteiger partial charge in [0, 0.05) is 10.4 Å². The lowest BCUT2D eigenvalue weighted by Crippen LogP contribution is -2.30. The van der Waals surface area contributed by atoms with Gasteiger partial charge in [0.05, 0.1) is 28.7 Å². The number of methoxy groups -OCH3 is 1. The van der Waals surface area contributed by atoms with Crippen molar-refractivity contribution in [3.8, 4) is 5.75 Å². The molecule has 160 valence electrons. The number of hydrogen-bond donors (Lipinski definition) is 2. The van der Waals surface area contributed by atoms with Gasteiger partial charge in [-0.1, -0.05) is 29.8 Å². The minimum absolute atomic E-state index is 0.0286. The quantitative estimate of drug-likeness (QED) is 0.253. The Bertz CT molecular complexity index is 1360. The zero-order valence-corrected chi connectivity index (χ0v) is 18.3. The van der Waals surface area contributed by atoms with Gasteiger partial charge in [0.15, 0.2) is 0 Å². The lowest BCUT2D eigenvalue weighted by atomic mass is 10.00. The molecule has 0 radical (unpaired) electrons. The minimum Gasteiger partial charge on any atom is -0.507 e. The van der Waals surface area contributed by atoms with Crippen molar-refractivity contribution in [1.29, 1.82) is 0 Å². The number of anilines is 1. The molecule has 5 rings (SSSR count). The number of rotatable bonds is 4. The summed E-state index contributed by atoms with van der Waals surface area (Å²) in [6, 6.07) is 14.8. The molecule has 1 aliphatic heterocycles. The third-order valence-electron chi connectivity index (χ3n) is 5.29. The van der Waals surface area contributed by atoms with Gasteiger partial charge >= 0.3 is 5.91 Å². The Labute approximate surface area is 191 Å². The summed E-state index contributed by atoms with van der Waals surface area (Å²) in [6.45, 7) is 0. The number of fused-ring (bicyclic) bond motifs is 1. The molecule has 1 fully saturated rings. The van der Waals surface area contributed by atoms with Crippen molar-refractivity contribution < 1.29 is 19.4 Å². The van der Waals surface area contributed by atoms with E-state index in [-0.39, 0.29) is 22.3 Å². The molecule has 2 aromatic carbocycles. The zero-order chi connectivity index (χ0) is 22.4. The Morgan fingerprint density at radius 1 is 1.19 bits per heavy atom. The molecular formula is C23H16ClN3O4S. The van der Waals surface area contributed by atoms with Crippen molar-refractivity contribution in [3.63, 3.8) is 0 Å². The van der Waals surface area contributed by atoms with E-state index in [9.17, 15) is 14.7 Å². The molecule has 32 heavy (non-hydrogen) atoms. The number of aromatic nitrogens is 2. The Kier molecular flexibility index (Phi) is 4.96. The second-order valence-corrected chi connectivity index (χ2v) is 8.50. The van der Waals surface area contributed by atoms with Crippen LogP contribution in [0.2, 0.25) is 5.02 Å². The second-order valence-electron chi connectivity index (χ2n) is 7.11. The van der Waals surface area contributed by atoms with Crippen LogP contribution in [0.4, 0.5) is 5.95 Å². The van der Waals surface area contributed by atoms with Crippen molar-refractivity contribution in [2.75, 3.05) is 12.0 Å². The first kappa shape index (κ1) is 20.3. The molecule has 1 unspecified atom stereocenters. The number of benzene rings is 2. The molecule has 2 N–H and O–H groups in total. The van der Waals surface area contributed by atoms with E-state index in [0.717, 1.165) is 5.52 Å². The van der Waals surface area contributed by atoms with Crippen molar-refractivity contribution in [2.45, 2.75) is 6.04 Å². The van der Waals surface area contributed by atoms with E-state index in [1.165, 1.54) is 29.4 Å². The Hall–Kier alpha value is -3.62. The van der Waals surface area contributed by atoms with Crippen LogP contribution < -0.4 is 9.64 Å². The van der Waals surface area contributed by atoms with Crippen LogP contribution in [0.3, 0.4) is 0 Å². The number of ketones is 1. The number of ether oxygens (including phenoxy) is 1. The Morgan fingerprint density at radius 2 is 2.00 bits per heavy atom. The predicted molar refractivity (Wildman–Crippen MR) is 123 cm³/mol. The molecule has 1 amide bonds. The summed E-state index contributed by atoms with van der Waals surface area (Å²) in [7, 11) is 1.48. The number of hydrogen-bond acceptors (Lipinski definition) is 6. The molecule has 4 aromatic rings. The average molecular weight is 466 g/mol. The predicted octanol–water partition coefficient (Wildman–Crippen LogP) is 4.91. The number of imidazole rings is 1. The molecule has 7 nitrogen and oxygen atoms in total. The van der Waals surface area contributed by atoms with Gasteiger partial charge in [0.2, 0.25) is 5.95 Å². The highest BCUT2D eigenvalue weighted by Crippen LogP contribution is 2.43. The van der Waals surface area contributed by atoms with Gasteiger partial charge in [-0.3, -0.25) is 14.5 Å². The fourth-order valence-corrected chi connectivity index (χ4v) is 4.87. The summed E-state index contributed by atoms with van der Waals surface area (Å²) in [6.07, 6.45) is 0. The highest BCUT2D eigenvalue weighted by Gasteiger charge is 2.48. The van der Waals surface area contributed by atoms with Gasteiger partial charge < -0.3 is 14.8 Å². The minimum atomic E-state index is -0.837. The van der Waals surface area contributed by atoms with E-state index in [0.29, 0.717) is 21.7 Å². The zero-order valence-electron chi connectivity index (χ0n) is 16.7. The number of aliphatic hydroxyl groups excluding tert-OH is 1. The lowest BCUT2D eigenvalue weighted by molar-refractivity contribution is -0.132. The highest BCUT2D eigenvalue weighted by molar-refractivity contribution is 7.10. The molecule has 0 saturated carbocycles. The standard InChI is InChI=1S/C23H16ClN3O4S/c1-31-16-9-8-12(11-13(16)24)20(28)18-19(17-7-4-10-32-17)27(22(30)21(18)29)23-25-14-5-2-3-6-15(14)26-23/h2-11,19,28H,1H3,(H,25,26)/b20-18+. The Balaban J connectivity index is 1.70. The number of para-hydroxylation sites is 2. The monoisotopic (exact) mass is 465 g/mol. The van der Waals surface area contributed by atoms with Crippen LogP contribution in [-0.2, 0) is 9.59 Å². The summed E-state index contributed by atoms with van der Waals surface area (Å²) < 4.78 is 5.16. The molecule has 3 heterocycles. The molecule has 2 aromatic heterocycles. The van der Waals surface area contributed by atoms with Gasteiger partial charge in [0.25, 0.3) is 5.78 Å². The van der Waals surface area contributed by atoms with E-state index in [1.807, 2.05) is 41.8 Å². The van der Waals surface area contributed by atoms with Gasteiger partial charge in [-0.15, -0.1) is 11.3 Å². The molecule has 9 heteroatoms. The van der Waals surface area contributed by atoms with Crippen molar-refractivity contribution >= 4 is 57.4 Å². The lowest BCUT2D eigenvalue weighted by Gasteiger charge is -2.21. The summed E-state index contributed by atoms with van der Waals surface area (Å²) >= 11 is 7.59. The van der Waals surface area contributed by atoms with Crippen LogP contribution in [0.25, 0.3) is 16.8 Å². The number of nitrogens with zero attached hydrogens (tertiary/aromatic N) is 2. The van der Waals surface area contributed by atoms with Crippen molar-refractivity contribution in [1.82, 2.24) is 9.97 Å². The molecule has 1 saturated heterocycles. The van der Waals surface area contributed by atoms with Crippen molar-refractivity contribution in [2.24, 2.45) is 0 Å². The first-order valence-electron chi connectivity index (χ1n) is 9.62. The molecule has 1 aliphatic rings. The van der Waals surface area contributed by atoms with Crippen LogP contribution in [0.1, 0.15) is 16.5 Å². The fraction of sp³-hybridized carbons (Fsp3) is 0.0870. The van der Waals surface area contributed by atoms with Crippen LogP contribution >= 0.6 is 22.9 Å². The topological polar surface area (TPSA) is 95.5 Å². The van der Waals surface area contributed by atoms with E-state index in [4.69, 9.17) is 16.3 Å². The van der Waals surface area contributed by atoms with Crippen molar-refractivity contribution in [3.05, 3.63) is 81.0 Å². The SMILES string of the molecule is COc1ccc(/C(O)=C2\C(=O)C(=O)N(c3nc4ccccc4[nH]3)C2c2cccs2)cc1Cl. The number of Topliss-reactive ketones (excluding diaryl/α,β-unsaturated/α-hetero) is 1. The highest BCUT2D eigenvalue weighted by atomic mass is 35.5. The molecule has 0 aliphatic carbocycles. The number of H-pyrrole nitrogens is 1. The number of thiophene rings is 1. The number of halogens is 1. The molecule has 0 bridgehead atoms. The fourth-order valence-electron chi connectivity index (χ4n) is 3.79. The number of carbonyl (C=O) groups is 2. The summed E-state index contributed by atoms with van der Waals surface area (Å²) in [5.41, 5.74) is 1.67. The first-order valence-corrected chi connectivity index (χ1v) is 10.9. The third-order valence-corrected chi connectivity index (χ3v) is 6.51. The third kappa shape index (κ3) is 3.16. The number of aliphatic hydroxyl groups is 1. The van der Waals surface area contributed by atoms with Crippen LogP contribution in [0.15, 0.2) is 65.6 Å². The van der Waals surface area contributed by atoms with Crippen LogP contribution in [-0.4, -0.2) is 33.9 Å². The normalized spacial score (nSPS) is 17.9. The second kappa shape index (κ2) is 7.81. The Morgan fingerprint density at radius 3 is 2.69 bits per heavy atom. The summed E-state index contributed by atoms with van der Waals surface area (Å²) in [5, 5.41) is 13.2. The molecule has 1 atom stereocenters. The number of carbonyl (C=O) groups excluding carboxylic acids is 2. The largest absolute Gasteiger partial charge is 0.507 e. The maximum atomic E-state index is 13.1. The number of nitrogens with one attached hydrogen (secondary N) is 1. The summed E-state index contributed by atoms with van der Waals surface area (Å²) in [4.78, 5) is 35.9. The average Bonchev–Trinajstić information content (AvgIpc) is 3.52. The smallest absolute Gasteiger partial charge is 0.302 e. The maximum absolute atomic E-state index is 13.1. The van der Waals surface area contributed by atoms with Gasteiger partial charge in [-0.25, -0.2) is 4.98 Å². The van der Waals surface area contributed by atoms with E-state index in [2.05, 4.69) is 9.97 Å². The van der Waals surface area contributed by atoms with E-state index < -0.39 is 17.7 Å². The number of aromatic amines is 1.